The van der Waals surface area contributed by atoms with Gasteiger partial charge in [0.2, 0.25) is 0 Å². The first-order chi connectivity index (χ1) is 7.25. The molecule has 0 spiro atoms. The summed E-state index contributed by atoms with van der Waals surface area (Å²) in [6, 6.07) is 2.71. The van der Waals surface area contributed by atoms with Gasteiger partial charge in [0.15, 0.2) is 0 Å². The summed E-state index contributed by atoms with van der Waals surface area (Å²) in [5.74, 6) is -0.290. The molecule has 1 fully saturated rings. The first kappa shape index (κ1) is 9.85. The van der Waals surface area contributed by atoms with Crippen molar-refractivity contribution in [2.24, 2.45) is 0 Å². The molecule has 0 radical (unpaired) electrons. The Hall–Kier alpha value is -1.69. The molecule has 1 aromatic rings. The number of amides is 1. The highest BCUT2D eigenvalue weighted by Crippen LogP contribution is 2.03. The third-order valence-electron chi connectivity index (χ3n) is 2.18. The number of aromatic nitrogens is 2. The van der Waals surface area contributed by atoms with Gasteiger partial charge in [0.25, 0.3) is 11.5 Å². The average Bonchev–Trinajstić information content (AvgIpc) is 2.71. The molecule has 1 amide bonds. The average molecular weight is 209 g/mol. The number of hydrogen-bond donors (Lipinski definition) is 2. The number of carbonyl (C=O) groups is 1. The summed E-state index contributed by atoms with van der Waals surface area (Å²) in [4.78, 5) is 22.3. The van der Waals surface area contributed by atoms with Gasteiger partial charge in [0, 0.05) is 12.7 Å². The van der Waals surface area contributed by atoms with Crippen LogP contribution in [0.5, 0.6) is 0 Å². The van der Waals surface area contributed by atoms with Crippen molar-refractivity contribution in [1.29, 1.82) is 0 Å². The number of nitrogens with zero attached hydrogens (tertiary/aromatic N) is 1. The fourth-order valence-electron chi connectivity index (χ4n) is 1.38. The number of ether oxygens (including phenoxy) is 1. The quantitative estimate of drug-likeness (QED) is 0.673. The van der Waals surface area contributed by atoms with Gasteiger partial charge in [-0.25, -0.2) is 5.10 Å². The zero-order valence-corrected chi connectivity index (χ0v) is 8.03. The molecular formula is C9H11N3O3. The molecule has 1 aliphatic rings. The van der Waals surface area contributed by atoms with Gasteiger partial charge in [-0.15, -0.1) is 0 Å². The van der Waals surface area contributed by atoms with Crippen LogP contribution in [0.3, 0.4) is 0 Å². The second kappa shape index (κ2) is 4.22. The SMILES string of the molecule is O=C(NC1CCOC1)c1ccc(=O)[nH]n1. The molecule has 1 saturated heterocycles. The van der Waals surface area contributed by atoms with Crippen molar-refractivity contribution in [1.82, 2.24) is 15.5 Å². The Balaban J connectivity index is 2.01. The molecule has 1 aromatic heterocycles. The molecule has 0 saturated carbocycles. The molecule has 15 heavy (non-hydrogen) atoms. The van der Waals surface area contributed by atoms with Gasteiger partial charge in [0.1, 0.15) is 5.69 Å². The highest BCUT2D eigenvalue weighted by Gasteiger charge is 2.19. The van der Waals surface area contributed by atoms with E-state index in [1.54, 1.807) is 0 Å². The van der Waals surface area contributed by atoms with Gasteiger partial charge in [-0.1, -0.05) is 0 Å². The number of carbonyl (C=O) groups excluding carboxylic acids is 1. The summed E-state index contributed by atoms with van der Waals surface area (Å²) < 4.78 is 5.12. The second-order valence-electron chi connectivity index (χ2n) is 3.34. The van der Waals surface area contributed by atoms with Crippen molar-refractivity contribution < 1.29 is 9.53 Å². The molecule has 6 heteroatoms. The lowest BCUT2D eigenvalue weighted by Crippen LogP contribution is -2.35. The molecule has 0 aliphatic carbocycles. The predicted molar refractivity (Wildman–Crippen MR) is 51.5 cm³/mol. The molecule has 6 nitrogen and oxygen atoms in total. The first-order valence-electron chi connectivity index (χ1n) is 4.70. The van der Waals surface area contributed by atoms with E-state index in [0.29, 0.717) is 13.2 Å². The third kappa shape index (κ3) is 2.41. The van der Waals surface area contributed by atoms with Crippen LogP contribution in [0.15, 0.2) is 16.9 Å². The van der Waals surface area contributed by atoms with Crippen LogP contribution in [0, 0.1) is 0 Å². The number of rotatable bonds is 2. The molecule has 2 heterocycles. The third-order valence-corrected chi connectivity index (χ3v) is 2.18. The van der Waals surface area contributed by atoms with E-state index in [1.165, 1.54) is 12.1 Å². The molecule has 1 aliphatic heterocycles. The van der Waals surface area contributed by atoms with Crippen LogP contribution in [0.2, 0.25) is 0 Å². The highest BCUT2D eigenvalue weighted by atomic mass is 16.5. The van der Waals surface area contributed by atoms with E-state index < -0.39 is 0 Å². The molecule has 2 rings (SSSR count). The van der Waals surface area contributed by atoms with E-state index in [4.69, 9.17) is 4.74 Å². The van der Waals surface area contributed by atoms with Crippen LogP contribution in [0.4, 0.5) is 0 Å². The van der Waals surface area contributed by atoms with Gasteiger partial charge in [-0.3, -0.25) is 9.59 Å². The Morgan fingerprint density at radius 1 is 1.60 bits per heavy atom. The Morgan fingerprint density at radius 3 is 3.07 bits per heavy atom. The maximum absolute atomic E-state index is 11.6. The number of hydrogen-bond acceptors (Lipinski definition) is 4. The number of H-pyrrole nitrogens is 1. The van der Waals surface area contributed by atoms with Crippen LogP contribution < -0.4 is 10.9 Å². The van der Waals surface area contributed by atoms with Gasteiger partial charge in [0.05, 0.1) is 12.6 Å². The normalized spacial score (nSPS) is 20.1. The summed E-state index contributed by atoms with van der Waals surface area (Å²) in [6.45, 7) is 1.21. The van der Waals surface area contributed by atoms with E-state index in [9.17, 15) is 9.59 Å². The van der Waals surface area contributed by atoms with Crippen molar-refractivity contribution in [3.63, 3.8) is 0 Å². The molecule has 1 unspecified atom stereocenters. The van der Waals surface area contributed by atoms with E-state index in [1.807, 2.05) is 0 Å². The summed E-state index contributed by atoms with van der Waals surface area (Å²) in [7, 11) is 0. The van der Waals surface area contributed by atoms with Crippen molar-refractivity contribution >= 4 is 5.91 Å². The van der Waals surface area contributed by atoms with Crippen LogP contribution in [-0.2, 0) is 4.74 Å². The first-order valence-corrected chi connectivity index (χ1v) is 4.70. The van der Waals surface area contributed by atoms with E-state index in [0.717, 1.165) is 6.42 Å². The smallest absolute Gasteiger partial charge is 0.272 e. The lowest BCUT2D eigenvalue weighted by molar-refractivity contribution is 0.0923. The molecule has 0 aromatic carbocycles. The maximum Gasteiger partial charge on any atom is 0.272 e. The second-order valence-corrected chi connectivity index (χ2v) is 3.34. The zero-order chi connectivity index (χ0) is 10.7. The predicted octanol–water partition coefficient (Wildman–Crippen LogP) is -0.711. The Bertz CT molecular complexity index is 389. The van der Waals surface area contributed by atoms with Crippen molar-refractivity contribution in [2.75, 3.05) is 13.2 Å². The fourth-order valence-corrected chi connectivity index (χ4v) is 1.38. The summed E-state index contributed by atoms with van der Waals surface area (Å²) in [5.41, 5.74) is -0.114. The standard InChI is InChI=1S/C9H11N3O3/c13-8-2-1-7(11-12-8)9(14)10-6-3-4-15-5-6/h1-2,6H,3-5H2,(H,10,14)(H,12,13). The van der Waals surface area contributed by atoms with E-state index >= 15 is 0 Å². The zero-order valence-electron chi connectivity index (χ0n) is 8.03. The monoisotopic (exact) mass is 209 g/mol. The Labute approximate surface area is 85.6 Å². The number of aromatic amines is 1. The van der Waals surface area contributed by atoms with Gasteiger partial charge >= 0.3 is 0 Å². The van der Waals surface area contributed by atoms with Gasteiger partial charge < -0.3 is 10.1 Å². The summed E-state index contributed by atoms with van der Waals surface area (Å²) in [5, 5.41) is 8.60. The molecule has 80 valence electrons. The number of nitrogens with one attached hydrogen (secondary N) is 2. The Morgan fingerprint density at radius 2 is 2.47 bits per heavy atom. The van der Waals surface area contributed by atoms with Crippen molar-refractivity contribution in [3.05, 3.63) is 28.2 Å². The summed E-state index contributed by atoms with van der Waals surface area (Å²) >= 11 is 0. The summed E-state index contributed by atoms with van der Waals surface area (Å²) in [6.07, 6.45) is 0.815. The fraction of sp³-hybridized carbons (Fsp3) is 0.444. The van der Waals surface area contributed by atoms with Crippen LogP contribution in [0.25, 0.3) is 0 Å². The van der Waals surface area contributed by atoms with Crippen LogP contribution in [-0.4, -0.2) is 35.4 Å². The molecular weight excluding hydrogens is 198 g/mol. The lowest BCUT2D eigenvalue weighted by atomic mass is 10.2. The molecule has 2 N–H and O–H groups in total. The lowest BCUT2D eigenvalue weighted by Gasteiger charge is -2.09. The molecule has 0 bridgehead atoms. The minimum Gasteiger partial charge on any atom is -0.379 e. The molecule has 1 atom stereocenters. The Kier molecular flexibility index (Phi) is 2.77. The highest BCUT2D eigenvalue weighted by molar-refractivity contribution is 5.92. The van der Waals surface area contributed by atoms with Crippen molar-refractivity contribution in [2.45, 2.75) is 12.5 Å². The van der Waals surface area contributed by atoms with Crippen molar-refractivity contribution in [3.8, 4) is 0 Å². The topological polar surface area (TPSA) is 84.1 Å². The van der Waals surface area contributed by atoms with Crippen LogP contribution in [0.1, 0.15) is 16.9 Å². The minimum absolute atomic E-state index is 0.0474. The minimum atomic E-state index is -0.323. The maximum atomic E-state index is 11.6. The van der Waals surface area contributed by atoms with E-state index in [2.05, 4.69) is 15.5 Å². The van der Waals surface area contributed by atoms with Gasteiger partial charge in [-0.2, -0.15) is 5.10 Å². The van der Waals surface area contributed by atoms with Crippen LogP contribution >= 0.6 is 0 Å². The largest absolute Gasteiger partial charge is 0.379 e. The van der Waals surface area contributed by atoms with Gasteiger partial charge in [-0.05, 0) is 12.5 Å². The van der Waals surface area contributed by atoms with E-state index in [-0.39, 0.29) is 23.2 Å².